The third-order valence-electron chi connectivity index (χ3n) is 2.57. The van der Waals surface area contributed by atoms with Crippen LogP contribution in [0.25, 0.3) is 0 Å². The molecule has 108 valence electrons. The van der Waals surface area contributed by atoms with Crippen LogP contribution in [0.1, 0.15) is 15.9 Å². The number of ether oxygens (including phenoxy) is 1. The van der Waals surface area contributed by atoms with Gasteiger partial charge in [0.2, 0.25) is 0 Å². The topological polar surface area (TPSA) is 63.6 Å². The van der Waals surface area contributed by atoms with Crippen molar-refractivity contribution < 1.29 is 9.53 Å². The lowest BCUT2D eigenvalue weighted by Gasteiger charge is -2.05. The Morgan fingerprint density at radius 3 is 3.00 bits per heavy atom. The Hall–Kier alpha value is -1.92. The third kappa shape index (κ3) is 4.03. The molecule has 0 saturated carbocycles. The van der Waals surface area contributed by atoms with Crippen molar-refractivity contribution in [3.63, 3.8) is 0 Å². The second-order valence-corrected chi connectivity index (χ2v) is 5.20. The molecule has 0 fully saturated rings. The molecule has 2 rings (SSSR count). The molecule has 0 aliphatic rings. The quantitative estimate of drug-likeness (QED) is 0.512. The molecular weight excluding hydrogens is 358 g/mol. The van der Waals surface area contributed by atoms with Crippen LogP contribution in [0.15, 0.2) is 46.1 Å². The van der Waals surface area contributed by atoms with E-state index < -0.39 is 5.91 Å². The molecule has 0 unspecified atom stereocenters. The Balaban J connectivity index is 2.11. The maximum Gasteiger partial charge on any atom is 0.274 e. The van der Waals surface area contributed by atoms with Crippen molar-refractivity contribution in [3.8, 4) is 5.75 Å². The molecule has 5 nitrogen and oxygen atoms in total. The lowest BCUT2D eigenvalue weighted by atomic mass is 10.2. The Bertz CT molecular complexity index is 692. The summed E-state index contributed by atoms with van der Waals surface area (Å²) in [6.07, 6.45) is 3.00. The maximum absolute atomic E-state index is 11.9. The molecule has 1 aromatic heterocycles. The molecule has 1 N–H and O–H groups in total. The first-order valence-electron chi connectivity index (χ1n) is 5.89. The number of aromatic nitrogens is 1. The van der Waals surface area contributed by atoms with Gasteiger partial charge in [0.05, 0.1) is 18.9 Å². The summed E-state index contributed by atoms with van der Waals surface area (Å²) in [5.74, 6) is 0.217. The molecule has 1 aromatic carbocycles. The average molecular weight is 369 g/mol. The second-order valence-electron chi connectivity index (χ2n) is 3.93. The Kier molecular flexibility index (Phi) is 5.30. The number of hydrazone groups is 1. The molecule has 21 heavy (non-hydrogen) atoms. The number of methoxy groups -OCH3 is 1. The molecule has 0 spiro atoms. The summed E-state index contributed by atoms with van der Waals surface area (Å²) >= 11 is 9.20. The number of hydrogen-bond donors (Lipinski definition) is 1. The Morgan fingerprint density at radius 2 is 2.29 bits per heavy atom. The number of carbonyl (C=O) groups excluding carboxylic acids is 1. The minimum Gasteiger partial charge on any atom is -0.496 e. The SMILES string of the molecule is COc1ccc(Br)cc1C=NNC(=O)c1cccnc1Cl. The standard InChI is InChI=1S/C14H11BrClN3O2/c1-21-12-5-4-10(15)7-9(12)8-18-19-14(20)11-3-2-6-17-13(11)16/h2-8H,1H3,(H,19,20). The number of amides is 1. The maximum atomic E-state index is 11.9. The summed E-state index contributed by atoms with van der Waals surface area (Å²) < 4.78 is 6.09. The van der Waals surface area contributed by atoms with Crippen molar-refractivity contribution in [3.05, 3.63) is 57.3 Å². The number of benzene rings is 1. The van der Waals surface area contributed by atoms with Gasteiger partial charge in [-0.25, -0.2) is 10.4 Å². The fourth-order valence-electron chi connectivity index (χ4n) is 1.58. The van der Waals surface area contributed by atoms with Crippen LogP contribution in [0.3, 0.4) is 0 Å². The first-order valence-corrected chi connectivity index (χ1v) is 7.06. The van der Waals surface area contributed by atoms with Gasteiger partial charge in [-0.1, -0.05) is 27.5 Å². The van der Waals surface area contributed by atoms with Crippen LogP contribution in [0.5, 0.6) is 5.75 Å². The summed E-state index contributed by atoms with van der Waals surface area (Å²) in [7, 11) is 1.56. The Labute approximate surface area is 135 Å². The van der Waals surface area contributed by atoms with E-state index >= 15 is 0 Å². The number of nitrogens with one attached hydrogen (secondary N) is 1. The van der Waals surface area contributed by atoms with E-state index in [1.54, 1.807) is 25.3 Å². The minimum absolute atomic E-state index is 0.130. The number of carbonyl (C=O) groups is 1. The smallest absolute Gasteiger partial charge is 0.274 e. The van der Waals surface area contributed by atoms with E-state index in [4.69, 9.17) is 16.3 Å². The van der Waals surface area contributed by atoms with E-state index in [-0.39, 0.29) is 10.7 Å². The Morgan fingerprint density at radius 1 is 1.48 bits per heavy atom. The predicted octanol–water partition coefficient (Wildman–Crippen LogP) is 3.27. The predicted molar refractivity (Wildman–Crippen MR) is 85.0 cm³/mol. The lowest BCUT2D eigenvalue weighted by molar-refractivity contribution is 0.0955. The fourth-order valence-corrected chi connectivity index (χ4v) is 2.17. The monoisotopic (exact) mass is 367 g/mol. The molecule has 0 aliphatic heterocycles. The van der Waals surface area contributed by atoms with Crippen molar-refractivity contribution in [1.29, 1.82) is 0 Å². The fraction of sp³-hybridized carbons (Fsp3) is 0.0714. The second kappa shape index (κ2) is 7.19. The molecule has 1 heterocycles. The van der Waals surface area contributed by atoms with Crippen LogP contribution in [0.4, 0.5) is 0 Å². The van der Waals surface area contributed by atoms with Gasteiger partial charge >= 0.3 is 0 Å². The summed E-state index contributed by atoms with van der Waals surface area (Å²) in [4.78, 5) is 15.7. The molecule has 0 aliphatic carbocycles. The van der Waals surface area contributed by atoms with Crippen LogP contribution in [0.2, 0.25) is 5.15 Å². The summed E-state index contributed by atoms with van der Waals surface area (Å²) in [5.41, 5.74) is 3.38. The van der Waals surface area contributed by atoms with Crippen molar-refractivity contribution in [2.45, 2.75) is 0 Å². The van der Waals surface area contributed by atoms with E-state index in [2.05, 4.69) is 31.4 Å². The first kappa shape index (κ1) is 15.5. The molecule has 1 amide bonds. The molecule has 2 aromatic rings. The molecule has 0 atom stereocenters. The highest BCUT2D eigenvalue weighted by Crippen LogP contribution is 2.21. The highest BCUT2D eigenvalue weighted by Gasteiger charge is 2.09. The number of rotatable bonds is 4. The van der Waals surface area contributed by atoms with Crippen LogP contribution in [-0.4, -0.2) is 24.2 Å². The van der Waals surface area contributed by atoms with Gasteiger partial charge in [0.1, 0.15) is 10.9 Å². The molecule has 0 radical (unpaired) electrons. The summed E-state index contributed by atoms with van der Waals surface area (Å²) in [6, 6.07) is 8.67. The van der Waals surface area contributed by atoms with Crippen LogP contribution in [-0.2, 0) is 0 Å². The largest absolute Gasteiger partial charge is 0.496 e. The third-order valence-corrected chi connectivity index (χ3v) is 3.36. The van der Waals surface area contributed by atoms with Gasteiger partial charge in [-0.15, -0.1) is 0 Å². The summed E-state index contributed by atoms with van der Waals surface area (Å²) in [6.45, 7) is 0. The van der Waals surface area contributed by atoms with Crippen molar-refractivity contribution in [2.24, 2.45) is 5.10 Å². The van der Waals surface area contributed by atoms with E-state index in [0.717, 1.165) is 10.0 Å². The average Bonchev–Trinajstić information content (AvgIpc) is 2.48. The van der Waals surface area contributed by atoms with Crippen LogP contribution < -0.4 is 10.2 Å². The molecular formula is C14H11BrClN3O2. The normalized spacial score (nSPS) is 10.6. The zero-order chi connectivity index (χ0) is 15.2. The van der Waals surface area contributed by atoms with E-state index in [9.17, 15) is 4.79 Å². The van der Waals surface area contributed by atoms with Crippen LogP contribution in [0, 0.1) is 0 Å². The highest BCUT2D eigenvalue weighted by atomic mass is 79.9. The van der Waals surface area contributed by atoms with E-state index in [1.807, 2.05) is 12.1 Å². The van der Waals surface area contributed by atoms with Crippen molar-refractivity contribution in [1.82, 2.24) is 10.4 Å². The van der Waals surface area contributed by atoms with Crippen molar-refractivity contribution >= 4 is 39.7 Å². The zero-order valence-electron chi connectivity index (χ0n) is 11.0. The van der Waals surface area contributed by atoms with Crippen molar-refractivity contribution in [2.75, 3.05) is 7.11 Å². The summed E-state index contributed by atoms with van der Waals surface area (Å²) in [5, 5.41) is 4.03. The minimum atomic E-state index is -0.432. The van der Waals surface area contributed by atoms with Gasteiger partial charge in [-0.2, -0.15) is 5.10 Å². The first-order chi connectivity index (χ1) is 10.1. The molecule has 0 bridgehead atoms. The molecule has 0 saturated heterocycles. The lowest BCUT2D eigenvalue weighted by Crippen LogP contribution is -2.18. The van der Waals surface area contributed by atoms with Gasteiger partial charge in [-0.05, 0) is 30.3 Å². The number of hydrogen-bond acceptors (Lipinski definition) is 4. The van der Waals surface area contributed by atoms with Gasteiger partial charge in [0.15, 0.2) is 0 Å². The van der Waals surface area contributed by atoms with Gasteiger partial charge < -0.3 is 4.74 Å². The van der Waals surface area contributed by atoms with E-state index in [0.29, 0.717) is 5.75 Å². The number of halogens is 2. The van der Waals surface area contributed by atoms with Crippen LogP contribution >= 0.6 is 27.5 Å². The van der Waals surface area contributed by atoms with Gasteiger partial charge in [0, 0.05) is 16.2 Å². The highest BCUT2D eigenvalue weighted by molar-refractivity contribution is 9.10. The van der Waals surface area contributed by atoms with Gasteiger partial charge in [-0.3, -0.25) is 4.79 Å². The van der Waals surface area contributed by atoms with E-state index in [1.165, 1.54) is 12.4 Å². The number of pyridine rings is 1. The zero-order valence-corrected chi connectivity index (χ0v) is 13.4. The van der Waals surface area contributed by atoms with Gasteiger partial charge in [0.25, 0.3) is 5.91 Å². The molecule has 7 heteroatoms. The number of nitrogens with zero attached hydrogens (tertiary/aromatic N) is 2.